The SMILES string of the molecule is CC(=O)Nc1ccc(NC(=O)CSc2ccc(SC(F)(F)F)cc2[N+](=O)[O-])cc1. The second kappa shape index (κ2) is 9.65. The van der Waals surface area contributed by atoms with Gasteiger partial charge in [0, 0.05) is 29.3 Å². The Morgan fingerprint density at radius 2 is 1.66 bits per heavy atom. The number of halogens is 3. The first-order valence-electron chi connectivity index (χ1n) is 7.88. The van der Waals surface area contributed by atoms with Crippen LogP contribution in [0.3, 0.4) is 0 Å². The Balaban J connectivity index is 2.00. The number of rotatable bonds is 7. The average Bonchev–Trinajstić information content (AvgIpc) is 2.60. The van der Waals surface area contributed by atoms with Crippen LogP contribution in [-0.2, 0) is 9.59 Å². The summed E-state index contributed by atoms with van der Waals surface area (Å²) in [7, 11) is 0. The lowest BCUT2D eigenvalue weighted by atomic mass is 10.3. The van der Waals surface area contributed by atoms with Crippen LogP contribution >= 0.6 is 23.5 Å². The molecule has 0 aliphatic carbocycles. The van der Waals surface area contributed by atoms with Gasteiger partial charge in [-0.3, -0.25) is 19.7 Å². The summed E-state index contributed by atoms with van der Waals surface area (Å²) < 4.78 is 37.3. The number of nitro groups is 1. The van der Waals surface area contributed by atoms with E-state index in [0.29, 0.717) is 11.4 Å². The standard InChI is InChI=1S/C17H14F3N3O4S2/c1-10(24)21-11-2-4-12(5-3-11)22-16(25)9-28-15-7-6-13(29-17(18,19)20)8-14(15)23(26)27/h2-8H,9H2,1H3,(H,21,24)(H,22,25). The molecule has 0 saturated carbocycles. The van der Waals surface area contributed by atoms with E-state index in [2.05, 4.69) is 10.6 Å². The number of thioether (sulfide) groups is 2. The first-order chi connectivity index (χ1) is 13.5. The number of carbonyl (C=O) groups excluding carboxylic acids is 2. The molecule has 29 heavy (non-hydrogen) atoms. The van der Waals surface area contributed by atoms with Crippen molar-refractivity contribution in [1.29, 1.82) is 0 Å². The number of anilines is 2. The third-order valence-corrected chi connectivity index (χ3v) is 4.99. The van der Waals surface area contributed by atoms with E-state index in [1.807, 2.05) is 0 Å². The van der Waals surface area contributed by atoms with Gasteiger partial charge in [0.1, 0.15) is 0 Å². The van der Waals surface area contributed by atoms with Crippen molar-refractivity contribution in [2.75, 3.05) is 16.4 Å². The number of carbonyl (C=O) groups is 2. The Kier molecular flexibility index (Phi) is 7.51. The number of benzene rings is 2. The Bertz CT molecular complexity index is 921. The Morgan fingerprint density at radius 3 is 2.17 bits per heavy atom. The fraction of sp³-hybridized carbons (Fsp3) is 0.176. The highest BCUT2D eigenvalue weighted by molar-refractivity contribution is 8.00. The second-order valence-corrected chi connectivity index (χ2v) is 7.69. The second-order valence-electron chi connectivity index (χ2n) is 5.53. The van der Waals surface area contributed by atoms with Crippen LogP contribution in [0.25, 0.3) is 0 Å². The lowest BCUT2D eigenvalue weighted by molar-refractivity contribution is -0.387. The zero-order valence-electron chi connectivity index (χ0n) is 14.8. The summed E-state index contributed by atoms with van der Waals surface area (Å²) >= 11 is 0.392. The first-order valence-corrected chi connectivity index (χ1v) is 9.68. The maximum absolute atomic E-state index is 12.4. The number of nitro benzene ring substituents is 1. The molecule has 154 valence electrons. The van der Waals surface area contributed by atoms with Gasteiger partial charge in [-0.25, -0.2) is 0 Å². The van der Waals surface area contributed by atoms with E-state index in [1.54, 1.807) is 24.3 Å². The van der Waals surface area contributed by atoms with E-state index in [4.69, 9.17) is 0 Å². The first kappa shape index (κ1) is 22.6. The molecule has 0 saturated heterocycles. The monoisotopic (exact) mass is 445 g/mol. The summed E-state index contributed by atoms with van der Waals surface area (Å²) in [5.74, 6) is -0.871. The van der Waals surface area contributed by atoms with Gasteiger partial charge in [0.2, 0.25) is 11.8 Å². The molecule has 0 heterocycles. The molecule has 0 bridgehead atoms. The van der Waals surface area contributed by atoms with E-state index < -0.39 is 33.8 Å². The molecule has 2 N–H and O–H groups in total. The highest BCUT2D eigenvalue weighted by atomic mass is 32.2. The quantitative estimate of drug-likeness (QED) is 0.357. The maximum Gasteiger partial charge on any atom is 0.446 e. The maximum atomic E-state index is 12.4. The molecule has 0 spiro atoms. The van der Waals surface area contributed by atoms with Crippen LogP contribution in [0.2, 0.25) is 0 Å². The zero-order valence-corrected chi connectivity index (χ0v) is 16.4. The van der Waals surface area contributed by atoms with Crippen molar-refractivity contribution >= 4 is 52.4 Å². The average molecular weight is 445 g/mol. The van der Waals surface area contributed by atoms with Crippen LogP contribution in [0.4, 0.5) is 30.2 Å². The topological polar surface area (TPSA) is 101 Å². The van der Waals surface area contributed by atoms with Crippen molar-refractivity contribution in [1.82, 2.24) is 0 Å². The van der Waals surface area contributed by atoms with Crippen molar-refractivity contribution in [3.8, 4) is 0 Å². The van der Waals surface area contributed by atoms with Crippen molar-refractivity contribution < 1.29 is 27.7 Å². The molecule has 0 atom stereocenters. The Morgan fingerprint density at radius 1 is 1.07 bits per heavy atom. The van der Waals surface area contributed by atoms with Crippen LogP contribution in [0.15, 0.2) is 52.3 Å². The predicted octanol–water partition coefficient (Wildman–Crippen LogP) is 4.90. The van der Waals surface area contributed by atoms with Crippen molar-refractivity contribution in [3.05, 3.63) is 52.6 Å². The van der Waals surface area contributed by atoms with E-state index in [-0.39, 0.29) is 21.5 Å². The van der Waals surface area contributed by atoms with Crippen LogP contribution in [0.5, 0.6) is 0 Å². The van der Waals surface area contributed by atoms with Crippen LogP contribution in [-0.4, -0.2) is 28.0 Å². The number of nitrogens with one attached hydrogen (secondary N) is 2. The van der Waals surface area contributed by atoms with Crippen molar-refractivity contribution in [2.24, 2.45) is 0 Å². The molecule has 2 aromatic rings. The van der Waals surface area contributed by atoms with Crippen molar-refractivity contribution in [2.45, 2.75) is 22.2 Å². The molecule has 2 amide bonds. The smallest absolute Gasteiger partial charge is 0.326 e. The molecular formula is C17H14F3N3O4S2. The highest BCUT2D eigenvalue weighted by Gasteiger charge is 2.30. The summed E-state index contributed by atoms with van der Waals surface area (Å²) in [6.07, 6.45) is 0. The molecule has 12 heteroatoms. The molecule has 0 aliphatic rings. The largest absolute Gasteiger partial charge is 0.446 e. The van der Waals surface area contributed by atoms with E-state index >= 15 is 0 Å². The van der Waals surface area contributed by atoms with Crippen LogP contribution in [0, 0.1) is 10.1 Å². The summed E-state index contributed by atoms with van der Waals surface area (Å²) in [4.78, 5) is 33.2. The minimum atomic E-state index is -4.56. The normalized spacial score (nSPS) is 11.0. The van der Waals surface area contributed by atoms with Gasteiger partial charge in [-0.1, -0.05) is 0 Å². The van der Waals surface area contributed by atoms with E-state index in [9.17, 15) is 32.9 Å². The number of alkyl halides is 3. The number of nitrogens with zero attached hydrogens (tertiary/aromatic N) is 1. The van der Waals surface area contributed by atoms with Crippen molar-refractivity contribution in [3.63, 3.8) is 0 Å². The van der Waals surface area contributed by atoms with Gasteiger partial charge in [0.25, 0.3) is 5.69 Å². The molecule has 0 fully saturated rings. The lowest BCUT2D eigenvalue weighted by Gasteiger charge is -2.09. The van der Waals surface area contributed by atoms with Gasteiger partial charge in [0.15, 0.2) is 0 Å². The number of hydrogen-bond donors (Lipinski definition) is 2. The molecule has 2 rings (SSSR count). The Hall–Kier alpha value is -2.73. The molecule has 0 radical (unpaired) electrons. The third-order valence-electron chi connectivity index (χ3n) is 3.21. The Labute approximate surface area is 171 Å². The molecular weight excluding hydrogens is 431 g/mol. The van der Waals surface area contributed by atoms with Crippen LogP contribution in [0.1, 0.15) is 6.92 Å². The third kappa shape index (κ3) is 7.66. The van der Waals surface area contributed by atoms with Gasteiger partial charge >= 0.3 is 5.51 Å². The molecule has 0 aliphatic heterocycles. The molecule has 7 nitrogen and oxygen atoms in total. The zero-order chi connectivity index (χ0) is 21.6. The van der Waals surface area contributed by atoms with Gasteiger partial charge in [-0.2, -0.15) is 13.2 Å². The fourth-order valence-electron chi connectivity index (χ4n) is 2.14. The van der Waals surface area contributed by atoms with Gasteiger partial charge in [-0.05, 0) is 48.2 Å². The fourth-order valence-corrected chi connectivity index (χ4v) is 3.52. The highest BCUT2D eigenvalue weighted by Crippen LogP contribution is 2.40. The van der Waals surface area contributed by atoms with Gasteiger partial charge in [-0.15, -0.1) is 11.8 Å². The van der Waals surface area contributed by atoms with E-state index in [0.717, 1.165) is 23.9 Å². The molecule has 0 aromatic heterocycles. The summed E-state index contributed by atoms with van der Waals surface area (Å²) in [5.41, 5.74) is -4.05. The summed E-state index contributed by atoms with van der Waals surface area (Å²) in [6.45, 7) is 1.36. The predicted molar refractivity (Wildman–Crippen MR) is 105 cm³/mol. The summed E-state index contributed by atoms with van der Waals surface area (Å²) in [5, 5.41) is 16.3. The number of hydrogen-bond acceptors (Lipinski definition) is 6. The van der Waals surface area contributed by atoms with E-state index in [1.165, 1.54) is 13.0 Å². The molecule has 2 aromatic carbocycles. The van der Waals surface area contributed by atoms with Gasteiger partial charge < -0.3 is 10.6 Å². The van der Waals surface area contributed by atoms with Crippen LogP contribution < -0.4 is 10.6 Å². The molecule has 0 unspecified atom stereocenters. The lowest BCUT2D eigenvalue weighted by Crippen LogP contribution is -2.14. The minimum Gasteiger partial charge on any atom is -0.326 e. The summed E-state index contributed by atoms with van der Waals surface area (Å²) in [6, 6.07) is 9.45. The minimum absolute atomic E-state index is 0.0812. The number of amides is 2. The van der Waals surface area contributed by atoms with Gasteiger partial charge in [0.05, 0.1) is 15.6 Å².